The number of halogens is 6. The maximum Gasteiger partial charge on any atom is 0.371 e. The van der Waals surface area contributed by atoms with Gasteiger partial charge in [-0.1, -0.05) is 45.8 Å². The van der Waals surface area contributed by atoms with Crippen LogP contribution in [0.1, 0.15) is 71.6 Å². The molecule has 0 amide bonds. The van der Waals surface area contributed by atoms with Crippen LogP contribution in [0.4, 0.5) is 26.3 Å². The van der Waals surface area contributed by atoms with E-state index in [4.69, 9.17) is 14.6 Å². The molecular formula is C24H36F6O5. The topological polar surface area (TPSA) is 72.8 Å². The molecule has 0 aromatic heterocycles. The highest BCUT2D eigenvalue weighted by molar-refractivity contribution is 5.88. The fourth-order valence-electron chi connectivity index (χ4n) is 3.04. The number of unbranched alkanes of at least 4 members (excludes halogenated alkanes) is 4. The molecule has 0 aromatic carbocycles. The van der Waals surface area contributed by atoms with E-state index < -0.39 is 74.7 Å². The molecule has 0 fully saturated rings. The van der Waals surface area contributed by atoms with Gasteiger partial charge in [0.1, 0.15) is 0 Å². The van der Waals surface area contributed by atoms with Gasteiger partial charge in [0.05, 0.1) is 25.4 Å². The Balaban J connectivity index is 5.07. The molecule has 0 rings (SSSR count). The molecule has 0 aromatic rings. The molecule has 0 radical (unpaired) electrons. The first-order valence-electron chi connectivity index (χ1n) is 11.5. The fraction of sp³-hybridized carbons (Fsp3) is 0.750. The third kappa shape index (κ3) is 11.0. The summed E-state index contributed by atoms with van der Waals surface area (Å²) >= 11 is 0. The first-order valence-corrected chi connectivity index (χ1v) is 11.5. The minimum Gasteiger partial charge on any atom is -0.462 e. The summed E-state index contributed by atoms with van der Waals surface area (Å²) in [5.74, 6) is -18.1. The average molecular weight is 519 g/mol. The van der Waals surface area contributed by atoms with E-state index in [1.165, 1.54) is 6.92 Å². The van der Waals surface area contributed by atoms with Crippen molar-refractivity contribution < 1.29 is 50.5 Å². The molecule has 1 unspecified atom stereocenters. The Morgan fingerprint density at radius 2 is 1.31 bits per heavy atom. The molecule has 0 aliphatic carbocycles. The van der Waals surface area contributed by atoms with Gasteiger partial charge in [-0.05, 0) is 26.2 Å². The van der Waals surface area contributed by atoms with Crippen LogP contribution in [-0.4, -0.2) is 54.6 Å². The zero-order valence-electron chi connectivity index (χ0n) is 20.3. The third-order valence-corrected chi connectivity index (χ3v) is 5.34. The quantitative estimate of drug-likeness (QED) is 0.0947. The number of alkyl halides is 6. The summed E-state index contributed by atoms with van der Waals surface area (Å²) in [6.45, 7) is 8.29. The molecule has 11 heteroatoms. The van der Waals surface area contributed by atoms with E-state index in [0.29, 0.717) is 6.42 Å². The number of ether oxygens (including phenoxy) is 2. The van der Waals surface area contributed by atoms with E-state index in [-0.39, 0.29) is 30.4 Å². The summed E-state index contributed by atoms with van der Waals surface area (Å²) in [7, 11) is 0. The van der Waals surface area contributed by atoms with Crippen LogP contribution >= 0.6 is 0 Å². The number of rotatable bonds is 19. The summed E-state index contributed by atoms with van der Waals surface area (Å²) in [4.78, 5) is 23.2. The van der Waals surface area contributed by atoms with Gasteiger partial charge in [-0.15, -0.1) is 0 Å². The Morgan fingerprint density at radius 3 is 1.80 bits per heavy atom. The van der Waals surface area contributed by atoms with Crippen molar-refractivity contribution in [1.82, 2.24) is 0 Å². The molecule has 1 N–H and O–H groups in total. The monoisotopic (exact) mass is 518 g/mol. The van der Waals surface area contributed by atoms with E-state index >= 15 is 0 Å². The van der Waals surface area contributed by atoms with Gasteiger partial charge < -0.3 is 14.6 Å². The number of hydrogen-bond donors (Lipinski definition) is 1. The van der Waals surface area contributed by atoms with Crippen molar-refractivity contribution in [2.45, 2.75) is 89.4 Å². The summed E-state index contributed by atoms with van der Waals surface area (Å²) in [6.07, 6.45) is -1.76. The van der Waals surface area contributed by atoms with Crippen molar-refractivity contribution in [1.29, 1.82) is 0 Å². The lowest BCUT2D eigenvalue weighted by Gasteiger charge is -2.33. The lowest BCUT2D eigenvalue weighted by molar-refractivity contribution is -0.312. The van der Waals surface area contributed by atoms with Gasteiger partial charge >= 0.3 is 29.7 Å². The molecule has 0 aliphatic heterocycles. The highest BCUT2D eigenvalue weighted by atomic mass is 19.3. The second-order valence-electron chi connectivity index (χ2n) is 8.64. The largest absolute Gasteiger partial charge is 0.462 e. The normalized spacial score (nSPS) is 13.3. The number of carbonyl (C=O) groups is 2. The predicted molar refractivity (Wildman–Crippen MR) is 119 cm³/mol. The number of carbonyl (C=O) groups excluding carboxylic acids is 2. The number of aliphatic hydroxyl groups excluding tert-OH is 1. The van der Waals surface area contributed by atoms with Gasteiger partial charge in [-0.25, -0.2) is 9.59 Å². The summed E-state index contributed by atoms with van der Waals surface area (Å²) in [5, 5.41) is 8.88. The van der Waals surface area contributed by atoms with Crippen LogP contribution in [0, 0.1) is 5.92 Å². The van der Waals surface area contributed by atoms with Gasteiger partial charge in [0, 0.05) is 24.3 Å². The number of aliphatic hydroxyl groups is 1. The van der Waals surface area contributed by atoms with Crippen molar-refractivity contribution in [3.05, 3.63) is 24.3 Å². The SMILES string of the molecule is C=C(C)C(=O)OCC(CCCC(F)(F)C(F)(F)C(F)(F)CCCCCCC)COC(=O)C(=C)CO. The van der Waals surface area contributed by atoms with Crippen LogP contribution < -0.4 is 0 Å². The Labute approximate surface area is 202 Å². The Kier molecular flexibility index (Phi) is 14.3. The predicted octanol–water partition coefficient (Wildman–Crippen LogP) is 6.25. The first-order chi connectivity index (χ1) is 16.1. The third-order valence-electron chi connectivity index (χ3n) is 5.34. The second-order valence-corrected chi connectivity index (χ2v) is 8.64. The maximum atomic E-state index is 14.2. The molecule has 0 saturated heterocycles. The zero-order valence-corrected chi connectivity index (χ0v) is 20.3. The van der Waals surface area contributed by atoms with E-state index in [1.807, 2.05) is 6.92 Å². The van der Waals surface area contributed by atoms with Gasteiger partial charge in [0.2, 0.25) is 0 Å². The molecule has 0 aliphatic rings. The Bertz CT molecular complexity index is 709. The highest BCUT2D eigenvalue weighted by Crippen LogP contribution is 2.50. The van der Waals surface area contributed by atoms with Crippen molar-refractivity contribution in [2.75, 3.05) is 19.8 Å². The molecule has 0 saturated carbocycles. The van der Waals surface area contributed by atoms with Crippen molar-refractivity contribution in [2.24, 2.45) is 5.92 Å². The number of esters is 2. The van der Waals surface area contributed by atoms with Crippen molar-refractivity contribution in [3.8, 4) is 0 Å². The summed E-state index contributed by atoms with van der Waals surface area (Å²) < 4.78 is 94.5. The lowest BCUT2D eigenvalue weighted by atomic mass is 9.93. The van der Waals surface area contributed by atoms with Crippen molar-refractivity contribution >= 4 is 11.9 Å². The smallest absolute Gasteiger partial charge is 0.371 e. The van der Waals surface area contributed by atoms with E-state index in [1.54, 1.807) is 0 Å². The first kappa shape index (κ1) is 33.0. The Morgan fingerprint density at radius 1 is 0.829 bits per heavy atom. The fourth-order valence-corrected chi connectivity index (χ4v) is 3.04. The maximum absolute atomic E-state index is 14.2. The van der Waals surface area contributed by atoms with Crippen LogP contribution in [0.15, 0.2) is 24.3 Å². The zero-order chi connectivity index (χ0) is 27.3. The molecule has 204 valence electrons. The molecule has 35 heavy (non-hydrogen) atoms. The minimum absolute atomic E-state index is 0.0394. The van der Waals surface area contributed by atoms with E-state index in [2.05, 4.69) is 13.2 Å². The van der Waals surface area contributed by atoms with Crippen molar-refractivity contribution in [3.63, 3.8) is 0 Å². The summed E-state index contributed by atoms with van der Waals surface area (Å²) in [5.41, 5.74) is -0.247. The lowest BCUT2D eigenvalue weighted by Crippen LogP contribution is -2.54. The van der Waals surface area contributed by atoms with Crippen LogP contribution in [0.3, 0.4) is 0 Å². The van der Waals surface area contributed by atoms with Gasteiger partial charge in [-0.2, -0.15) is 26.3 Å². The Hall–Kier alpha value is -2.04. The van der Waals surface area contributed by atoms with E-state index in [9.17, 15) is 35.9 Å². The molecule has 0 heterocycles. The molecular weight excluding hydrogens is 482 g/mol. The molecule has 0 spiro atoms. The standard InChI is InChI=1S/C24H36F6O5/c1-5-6-7-8-9-12-22(25,26)24(29,30)23(27,28)13-10-11-19(15-34-20(32)17(2)3)16-35-21(33)18(4)14-31/h19,31H,2,4-16H2,1,3H3. The minimum atomic E-state index is -5.54. The average Bonchev–Trinajstić information content (AvgIpc) is 2.78. The van der Waals surface area contributed by atoms with Crippen LogP contribution in [-0.2, 0) is 19.1 Å². The molecule has 5 nitrogen and oxygen atoms in total. The molecule has 0 bridgehead atoms. The second kappa shape index (κ2) is 15.2. The van der Waals surface area contributed by atoms with Gasteiger partial charge in [-0.3, -0.25) is 0 Å². The van der Waals surface area contributed by atoms with Gasteiger partial charge in [0.15, 0.2) is 0 Å². The van der Waals surface area contributed by atoms with Crippen LogP contribution in [0.2, 0.25) is 0 Å². The van der Waals surface area contributed by atoms with Crippen LogP contribution in [0.25, 0.3) is 0 Å². The molecule has 1 atom stereocenters. The van der Waals surface area contributed by atoms with Gasteiger partial charge in [0.25, 0.3) is 0 Å². The highest BCUT2D eigenvalue weighted by Gasteiger charge is 2.70. The number of hydrogen-bond acceptors (Lipinski definition) is 5. The van der Waals surface area contributed by atoms with E-state index in [0.717, 1.165) is 12.8 Å². The van der Waals surface area contributed by atoms with Crippen LogP contribution in [0.5, 0.6) is 0 Å². The summed E-state index contributed by atoms with van der Waals surface area (Å²) in [6, 6.07) is 0.